The Hall–Kier alpha value is -0.168. The van der Waals surface area contributed by atoms with Crippen molar-refractivity contribution in [2.75, 3.05) is 19.8 Å². The molecule has 0 bridgehead atoms. The van der Waals surface area contributed by atoms with E-state index in [1.807, 2.05) is 52.2 Å². The second kappa shape index (κ2) is 9.39. The maximum Gasteiger partial charge on any atom is 0.0313 e. The van der Waals surface area contributed by atoms with Crippen molar-refractivity contribution < 1.29 is 31.1 Å². The van der Waals surface area contributed by atoms with Gasteiger partial charge in [0.05, 0.1) is 0 Å². The van der Waals surface area contributed by atoms with Crippen LogP contribution in [0.1, 0.15) is 13.8 Å². The molecule has 14 heavy (non-hydrogen) atoms. The number of nitrogens with zero attached hydrogens (tertiary/aromatic N) is 2. The molecule has 0 heterocycles. The van der Waals surface area contributed by atoms with Gasteiger partial charge in [0.2, 0.25) is 0 Å². The number of hydrogen-bond donors (Lipinski definition) is 1. The average Bonchev–Trinajstić information content (AvgIpc) is 2.12. The summed E-state index contributed by atoms with van der Waals surface area (Å²) in [4.78, 5) is 0. The SMILES string of the molecule is CC.CN(C)[N-]c1ccc(N)cc1.[U]. The zero-order chi connectivity index (χ0) is 10.3. The van der Waals surface area contributed by atoms with Gasteiger partial charge in [0, 0.05) is 36.8 Å². The van der Waals surface area contributed by atoms with Gasteiger partial charge >= 0.3 is 0 Å². The van der Waals surface area contributed by atoms with Gasteiger partial charge in [0.25, 0.3) is 0 Å². The van der Waals surface area contributed by atoms with Crippen LogP contribution in [-0.4, -0.2) is 19.1 Å². The van der Waals surface area contributed by atoms with Gasteiger partial charge in [-0.15, -0.1) is 5.69 Å². The van der Waals surface area contributed by atoms with Gasteiger partial charge in [0.1, 0.15) is 0 Å². The second-order valence-corrected chi connectivity index (χ2v) is 2.54. The molecule has 0 aliphatic rings. The quantitative estimate of drug-likeness (QED) is 0.593. The van der Waals surface area contributed by atoms with Gasteiger partial charge in [-0.3, -0.25) is 0 Å². The van der Waals surface area contributed by atoms with E-state index in [4.69, 9.17) is 5.73 Å². The Morgan fingerprint density at radius 2 is 1.50 bits per heavy atom. The summed E-state index contributed by atoms with van der Waals surface area (Å²) in [7, 11) is 3.77. The Balaban J connectivity index is 0. The summed E-state index contributed by atoms with van der Waals surface area (Å²) in [6, 6.07) is 7.44. The molecule has 0 spiro atoms. The van der Waals surface area contributed by atoms with E-state index >= 15 is 0 Å². The summed E-state index contributed by atoms with van der Waals surface area (Å²) in [5, 5.41) is 1.76. The summed E-state index contributed by atoms with van der Waals surface area (Å²) >= 11 is 0. The summed E-state index contributed by atoms with van der Waals surface area (Å²) < 4.78 is 0. The predicted octanol–water partition coefficient (Wildman–Crippen LogP) is 2.78. The van der Waals surface area contributed by atoms with E-state index in [0.29, 0.717) is 0 Å². The molecule has 0 amide bonds. The molecule has 78 valence electrons. The van der Waals surface area contributed by atoms with Crippen LogP contribution >= 0.6 is 0 Å². The van der Waals surface area contributed by atoms with Crippen molar-refractivity contribution in [3.05, 3.63) is 29.7 Å². The van der Waals surface area contributed by atoms with E-state index < -0.39 is 0 Å². The van der Waals surface area contributed by atoms with Crippen LogP contribution in [0.15, 0.2) is 24.3 Å². The van der Waals surface area contributed by atoms with Gasteiger partial charge in [-0.1, -0.05) is 26.0 Å². The fourth-order valence-corrected chi connectivity index (χ4v) is 0.772. The molecule has 0 radical (unpaired) electrons. The van der Waals surface area contributed by atoms with Gasteiger partial charge in [-0.25, -0.2) is 0 Å². The molecule has 1 aromatic carbocycles. The molecule has 2 N–H and O–H groups in total. The van der Waals surface area contributed by atoms with Gasteiger partial charge in [-0.05, 0) is 26.2 Å². The molecule has 0 aromatic heterocycles. The van der Waals surface area contributed by atoms with Crippen molar-refractivity contribution in [3.8, 4) is 0 Å². The Labute approximate surface area is 110 Å². The predicted molar refractivity (Wildman–Crippen MR) is 58.9 cm³/mol. The number of hydrogen-bond acceptors (Lipinski definition) is 2. The van der Waals surface area contributed by atoms with E-state index in [0.717, 1.165) is 11.4 Å². The minimum absolute atomic E-state index is 0. The zero-order valence-electron chi connectivity index (χ0n) is 9.28. The van der Waals surface area contributed by atoms with Gasteiger partial charge in [0.15, 0.2) is 0 Å². The molecule has 4 heteroatoms. The summed E-state index contributed by atoms with van der Waals surface area (Å²) in [5.74, 6) is 0. The van der Waals surface area contributed by atoms with Crippen molar-refractivity contribution in [3.63, 3.8) is 0 Å². The minimum atomic E-state index is 0. The Kier molecular flexibility index (Phi) is 10.9. The minimum Gasteiger partial charge on any atom is -0.620 e. The molecule has 0 saturated heterocycles. The molecule has 1 rings (SSSR count). The maximum absolute atomic E-state index is 5.50. The van der Waals surface area contributed by atoms with Crippen molar-refractivity contribution in [2.24, 2.45) is 0 Å². The first-order chi connectivity index (χ1) is 6.18. The van der Waals surface area contributed by atoms with Crippen molar-refractivity contribution in [2.45, 2.75) is 13.8 Å². The monoisotopic (exact) mass is 418 g/mol. The van der Waals surface area contributed by atoms with Crippen LogP contribution in [0.5, 0.6) is 0 Å². The number of anilines is 1. The van der Waals surface area contributed by atoms with Crippen LogP contribution in [0.2, 0.25) is 0 Å². The fraction of sp³-hybridized carbons (Fsp3) is 0.400. The Morgan fingerprint density at radius 3 is 1.86 bits per heavy atom. The summed E-state index contributed by atoms with van der Waals surface area (Å²) in [5.41, 5.74) is 11.4. The first-order valence-electron chi connectivity index (χ1n) is 4.43. The largest absolute Gasteiger partial charge is 0.620 e. The average molecular weight is 418 g/mol. The third-order valence-electron chi connectivity index (χ3n) is 1.21. The molecule has 0 atom stereocenters. The first-order valence-corrected chi connectivity index (χ1v) is 4.43. The molecule has 0 aliphatic carbocycles. The van der Waals surface area contributed by atoms with Crippen LogP contribution in [0.25, 0.3) is 5.43 Å². The van der Waals surface area contributed by atoms with Crippen molar-refractivity contribution in [1.29, 1.82) is 0 Å². The molecule has 0 unspecified atom stereocenters. The Morgan fingerprint density at radius 1 is 1.07 bits per heavy atom. The van der Waals surface area contributed by atoms with Crippen LogP contribution in [0.4, 0.5) is 11.4 Å². The molecule has 1 aromatic rings. The number of nitrogen functional groups attached to an aromatic ring is 1. The van der Waals surface area contributed by atoms with Crippen LogP contribution in [0, 0.1) is 31.1 Å². The standard InChI is InChI=1S/C8H12N3.C2H6.U/c1-11(2)10-8-5-3-7(9)4-6-8;1-2;/h3-6H,9H2,1-2H3;1-2H3;/q-1;;. The number of benzene rings is 1. The summed E-state index contributed by atoms with van der Waals surface area (Å²) in [6.45, 7) is 4.00. The van der Waals surface area contributed by atoms with Crippen LogP contribution < -0.4 is 5.73 Å². The third-order valence-corrected chi connectivity index (χ3v) is 1.21. The molecule has 0 saturated carbocycles. The zero-order valence-corrected chi connectivity index (χ0v) is 13.4. The molecule has 0 aliphatic heterocycles. The fourth-order valence-electron chi connectivity index (χ4n) is 0.772. The number of nitrogens with two attached hydrogens (primary N) is 1. The molecule has 3 nitrogen and oxygen atoms in total. The second-order valence-electron chi connectivity index (χ2n) is 2.54. The van der Waals surface area contributed by atoms with Crippen LogP contribution in [-0.2, 0) is 0 Å². The molecular formula is C10H18N3U-. The van der Waals surface area contributed by atoms with Gasteiger partial charge < -0.3 is 16.2 Å². The van der Waals surface area contributed by atoms with E-state index in [1.54, 1.807) is 5.01 Å². The van der Waals surface area contributed by atoms with Crippen LogP contribution in [0.3, 0.4) is 0 Å². The van der Waals surface area contributed by atoms with Gasteiger partial charge in [-0.2, -0.15) is 0 Å². The van der Waals surface area contributed by atoms with Crippen molar-refractivity contribution >= 4 is 11.4 Å². The third kappa shape index (κ3) is 7.26. The molecule has 0 fully saturated rings. The van der Waals surface area contributed by atoms with E-state index in [1.165, 1.54) is 0 Å². The normalized spacial score (nSPS) is 8.36. The summed E-state index contributed by atoms with van der Waals surface area (Å²) in [6.07, 6.45) is 0. The first kappa shape index (κ1) is 16.3. The van der Waals surface area contributed by atoms with E-state index in [9.17, 15) is 0 Å². The number of rotatable bonds is 2. The smallest absolute Gasteiger partial charge is 0.0313 e. The maximum atomic E-state index is 5.50. The molecular weight excluding hydrogens is 400 g/mol. The van der Waals surface area contributed by atoms with E-state index in [2.05, 4.69) is 5.43 Å². The van der Waals surface area contributed by atoms with E-state index in [-0.39, 0.29) is 31.1 Å². The topological polar surface area (TPSA) is 43.4 Å². The Bertz CT molecular complexity index is 221. The van der Waals surface area contributed by atoms with Crippen molar-refractivity contribution in [1.82, 2.24) is 5.01 Å².